The van der Waals surface area contributed by atoms with E-state index in [4.69, 9.17) is 10.00 Å². The number of methoxy groups -OCH3 is 1. The third-order valence-corrected chi connectivity index (χ3v) is 2.92. The number of hydrogen-bond donors (Lipinski definition) is 1. The summed E-state index contributed by atoms with van der Waals surface area (Å²) < 4.78 is 6.10. The number of rotatable bonds is 3. The quantitative estimate of drug-likeness (QED) is 0.936. The van der Waals surface area contributed by atoms with Crippen molar-refractivity contribution in [3.8, 4) is 11.8 Å². The molecule has 1 heterocycles. The summed E-state index contributed by atoms with van der Waals surface area (Å²) in [6, 6.07) is 11.2. The second-order valence-corrected chi connectivity index (χ2v) is 4.91. The average Bonchev–Trinajstić information content (AvgIpc) is 2.37. The SMILES string of the molecule is COc1cc(Br)cc(Nc2cc(C#N)cc(C)n2)c1. The highest BCUT2D eigenvalue weighted by Crippen LogP contribution is 2.26. The van der Waals surface area contributed by atoms with Gasteiger partial charge in [0.1, 0.15) is 11.6 Å². The number of pyridine rings is 1. The van der Waals surface area contributed by atoms with Crippen molar-refractivity contribution < 1.29 is 4.74 Å². The van der Waals surface area contributed by atoms with E-state index >= 15 is 0 Å². The number of benzene rings is 1. The number of aryl methyl sites for hydroxylation is 1. The van der Waals surface area contributed by atoms with Crippen LogP contribution in [0.15, 0.2) is 34.8 Å². The first kappa shape index (κ1) is 13.4. The van der Waals surface area contributed by atoms with Gasteiger partial charge in [-0.15, -0.1) is 0 Å². The van der Waals surface area contributed by atoms with Crippen molar-refractivity contribution in [2.24, 2.45) is 0 Å². The van der Waals surface area contributed by atoms with Gasteiger partial charge in [-0.1, -0.05) is 15.9 Å². The van der Waals surface area contributed by atoms with Gasteiger partial charge in [0.05, 0.1) is 18.7 Å². The minimum Gasteiger partial charge on any atom is -0.497 e. The fraction of sp³-hybridized carbons (Fsp3) is 0.143. The molecule has 0 radical (unpaired) electrons. The number of halogens is 1. The molecule has 1 aromatic carbocycles. The van der Waals surface area contributed by atoms with Crippen LogP contribution in [0.5, 0.6) is 5.75 Å². The van der Waals surface area contributed by atoms with Gasteiger partial charge in [-0.05, 0) is 31.2 Å². The summed E-state index contributed by atoms with van der Waals surface area (Å²) in [6.45, 7) is 1.85. The Labute approximate surface area is 120 Å². The van der Waals surface area contributed by atoms with Crippen molar-refractivity contribution in [3.05, 3.63) is 46.1 Å². The van der Waals surface area contributed by atoms with Crippen LogP contribution in [0.25, 0.3) is 0 Å². The van der Waals surface area contributed by atoms with Gasteiger partial charge in [-0.3, -0.25) is 0 Å². The maximum absolute atomic E-state index is 8.95. The Morgan fingerprint density at radius 1 is 1.26 bits per heavy atom. The predicted octanol–water partition coefficient (Wildman–Crippen LogP) is 3.78. The molecular weight excluding hydrogens is 306 g/mol. The molecule has 0 bridgehead atoms. The van der Waals surface area contributed by atoms with Gasteiger partial charge < -0.3 is 10.1 Å². The largest absolute Gasteiger partial charge is 0.497 e. The molecule has 4 nitrogen and oxygen atoms in total. The molecule has 2 rings (SSSR count). The molecule has 96 valence electrons. The normalized spacial score (nSPS) is 9.79. The van der Waals surface area contributed by atoms with Crippen LogP contribution in [0.4, 0.5) is 11.5 Å². The van der Waals surface area contributed by atoms with E-state index in [0.717, 1.165) is 21.6 Å². The van der Waals surface area contributed by atoms with E-state index in [2.05, 4.69) is 32.3 Å². The lowest BCUT2D eigenvalue weighted by Gasteiger charge is -2.09. The molecule has 0 saturated heterocycles. The van der Waals surface area contributed by atoms with E-state index in [1.54, 1.807) is 19.2 Å². The van der Waals surface area contributed by atoms with E-state index in [9.17, 15) is 0 Å². The van der Waals surface area contributed by atoms with E-state index in [0.29, 0.717) is 11.4 Å². The van der Waals surface area contributed by atoms with Gasteiger partial charge in [-0.25, -0.2) is 4.98 Å². The summed E-state index contributed by atoms with van der Waals surface area (Å²) in [6.07, 6.45) is 0. The number of aromatic nitrogens is 1. The van der Waals surface area contributed by atoms with Gasteiger partial charge >= 0.3 is 0 Å². The molecule has 5 heteroatoms. The highest BCUT2D eigenvalue weighted by atomic mass is 79.9. The van der Waals surface area contributed by atoms with Crippen molar-refractivity contribution in [1.82, 2.24) is 4.98 Å². The standard InChI is InChI=1S/C14H12BrN3O/c1-9-3-10(8-16)4-14(17-9)18-12-5-11(15)6-13(7-12)19-2/h3-7H,1-2H3,(H,17,18). The average molecular weight is 318 g/mol. The van der Waals surface area contributed by atoms with E-state index < -0.39 is 0 Å². The molecule has 0 fully saturated rings. The molecular formula is C14H12BrN3O. The minimum absolute atomic E-state index is 0.581. The number of hydrogen-bond acceptors (Lipinski definition) is 4. The molecule has 0 aliphatic heterocycles. The fourth-order valence-electron chi connectivity index (χ4n) is 1.70. The molecule has 1 N–H and O–H groups in total. The van der Waals surface area contributed by atoms with Crippen molar-refractivity contribution in [1.29, 1.82) is 5.26 Å². The second-order valence-electron chi connectivity index (χ2n) is 4.00. The Morgan fingerprint density at radius 2 is 2.05 bits per heavy atom. The molecule has 0 unspecified atom stereocenters. The van der Waals surface area contributed by atoms with Crippen LogP contribution in [0.2, 0.25) is 0 Å². The first-order valence-electron chi connectivity index (χ1n) is 5.61. The lowest BCUT2D eigenvalue weighted by molar-refractivity contribution is 0.415. The monoisotopic (exact) mass is 317 g/mol. The smallest absolute Gasteiger partial charge is 0.131 e. The second kappa shape index (κ2) is 5.72. The minimum atomic E-state index is 0.581. The maximum Gasteiger partial charge on any atom is 0.131 e. The summed E-state index contributed by atoms with van der Waals surface area (Å²) in [4.78, 5) is 4.34. The lowest BCUT2D eigenvalue weighted by atomic mass is 10.2. The van der Waals surface area contributed by atoms with Gasteiger partial charge in [0, 0.05) is 21.9 Å². The number of ether oxygens (including phenoxy) is 1. The molecule has 0 atom stereocenters. The van der Waals surface area contributed by atoms with Crippen molar-refractivity contribution in [2.75, 3.05) is 12.4 Å². The Morgan fingerprint density at radius 3 is 2.74 bits per heavy atom. The lowest BCUT2D eigenvalue weighted by Crippen LogP contribution is -1.97. The van der Waals surface area contributed by atoms with Crippen LogP contribution < -0.4 is 10.1 Å². The molecule has 0 amide bonds. The third-order valence-electron chi connectivity index (χ3n) is 2.46. The van der Waals surface area contributed by atoms with Crippen molar-refractivity contribution in [3.63, 3.8) is 0 Å². The van der Waals surface area contributed by atoms with Crippen LogP contribution in [0.1, 0.15) is 11.3 Å². The summed E-state index contributed by atoms with van der Waals surface area (Å²) >= 11 is 3.42. The van der Waals surface area contributed by atoms with Crippen LogP contribution in [0, 0.1) is 18.3 Å². The molecule has 2 aromatic rings. The molecule has 0 spiro atoms. The van der Waals surface area contributed by atoms with Crippen LogP contribution in [-0.4, -0.2) is 12.1 Å². The Kier molecular flexibility index (Phi) is 4.03. The Bertz CT molecular complexity index is 650. The number of anilines is 2. The molecule has 0 aliphatic rings. The van der Waals surface area contributed by atoms with Gasteiger partial charge in [0.15, 0.2) is 0 Å². The summed E-state index contributed by atoms with van der Waals surface area (Å²) in [5.74, 6) is 1.38. The fourth-order valence-corrected chi connectivity index (χ4v) is 2.17. The van der Waals surface area contributed by atoms with Crippen LogP contribution in [-0.2, 0) is 0 Å². The van der Waals surface area contributed by atoms with E-state index in [1.165, 1.54) is 0 Å². The van der Waals surface area contributed by atoms with Gasteiger partial charge in [0.2, 0.25) is 0 Å². The first-order valence-corrected chi connectivity index (χ1v) is 6.40. The first-order chi connectivity index (χ1) is 9.10. The van der Waals surface area contributed by atoms with E-state index in [-0.39, 0.29) is 0 Å². The third kappa shape index (κ3) is 3.46. The van der Waals surface area contributed by atoms with Gasteiger partial charge in [-0.2, -0.15) is 5.26 Å². The van der Waals surface area contributed by atoms with Gasteiger partial charge in [0.25, 0.3) is 0 Å². The zero-order valence-corrected chi connectivity index (χ0v) is 12.2. The Hall–Kier alpha value is -2.06. The number of nitrogens with zero attached hydrogens (tertiary/aromatic N) is 2. The maximum atomic E-state index is 8.95. The topological polar surface area (TPSA) is 57.9 Å². The van der Waals surface area contributed by atoms with E-state index in [1.807, 2.05) is 25.1 Å². The molecule has 0 aliphatic carbocycles. The van der Waals surface area contributed by atoms with Crippen LogP contribution >= 0.6 is 15.9 Å². The molecule has 1 aromatic heterocycles. The zero-order chi connectivity index (χ0) is 13.8. The zero-order valence-electron chi connectivity index (χ0n) is 10.6. The number of nitriles is 1. The van der Waals surface area contributed by atoms with Crippen molar-refractivity contribution >= 4 is 27.4 Å². The Balaban J connectivity index is 2.33. The van der Waals surface area contributed by atoms with Crippen molar-refractivity contribution in [2.45, 2.75) is 6.92 Å². The summed E-state index contributed by atoms with van der Waals surface area (Å²) in [7, 11) is 1.62. The van der Waals surface area contributed by atoms with Crippen LogP contribution in [0.3, 0.4) is 0 Å². The highest BCUT2D eigenvalue weighted by molar-refractivity contribution is 9.10. The highest BCUT2D eigenvalue weighted by Gasteiger charge is 2.03. The summed E-state index contributed by atoms with van der Waals surface area (Å²) in [5, 5.41) is 12.1. The molecule has 0 saturated carbocycles. The summed E-state index contributed by atoms with van der Waals surface area (Å²) in [5.41, 5.74) is 2.22. The predicted molar refractivity (Wildman–Crippen MR) is 77.7 cm³/mol. The molecule has 19 heavy (non-hydrogen) atoms. The number of nitrogens with one attached hydrogen (secondary N) is 1.